The molecule has 31 heavy (non-hydrogen) atoms. The summed E-state index contributed by atoms with van der Waals surface area (Å²) in [7, 11) is 1.68. The van der Waals surface area contributed by atoms with Crippen LogP contribution < -0.4 is 10.3 Å². The molecule has 2 aliphatic heterocycles. The number of thiophene rings is 1. The van der Waals surface area contributed by atoms with E-state index in [0.717, 1.165) is 68.0 Å². The Morgan fingerprint density at radius 2 is 2.00 bits per heavy atom. The Bertz CT molecular complexity index is 1160. The molecular weight excluding hydrogens is 408 g/mol. The van der Waals surface area contributed by atoms with Gasteiger partial charge < -0.3 is 9.72 Å². The highest BCUT2D eigenvalue weighted by Gasteiger charge is 2.23. The van der Waals surface area contributed by atoms with Crippen LogP contribution in [0.4, 0.5) is 0 Å². The van der Waals surface area contributed by atoms with E-state index < -0.39 is 0 Å². The molecule has 3 aromatic rings. The lowest BCUT2D eigenvalue weighted by Crippen LogP contribution is -2.36. The predicted octanol–water partition coefficient (Wildman–Crippen LogP) is 4.04. The van der Waals surface area contributed by atoms with E-state index >= 15 is 0 Å². The van der Waals surface area contributed by atoms with Crippen LogP contribution in [-0.4, -0.2) is 40.8 Å². The fourth-order valence-corrected chi connectivity index (χ4v) is 5.29. The first kappa shape index (κ1) is 20.2. The summed E-state index contributed by atoms with van der Waals surface area (Å²) >= 11 is 1.80. The summed E-state index contributed by atoms with van der Waals surface area (Å²) in [5.41, 5.74) is 3.88. The number of rotatable bonds is 5. The van der Waals surface area contributed by atoms with Crippen molar-refractivity contribution in [3.05, 3.63) is 68.7 Å². The van der Waals surface area contributed by atoms with Crippen molar-refractivity contribution in [1.29, 1.82) is 0 Å². The number of benzene rings is 1. The topological polar surface area (TPSA) is 70.6 Å². The Balaban J connectivity index is 1.29. The average Bonchev–Trinajstić information content (AvgIpc) is 3.28. The molecule has 6 nitrogen and oxygen atoms in total. The zero-order valence-corrected chi connectivity index (χ0v) is 18.5. The molecular formula is C24H26N4O2S. The molecule has 0 amide bonds. The minimum absolute atomic E-state index is 0.0110. The first-order chi connectivity index (χ1) is 15.2. The Labute approximate surface area is 185 Å². The number of aliphatic imine (C=N–C) groups is 1. The van der Waals surface area contributed by atoms with Crippen LogP contribution >= 0.6 is 11.3 Å². The molecule has 0 aliphatic carbocycles. The van der Waals surface area contributed by atoms with Crippen molar-refractivity contribution in [2.45, 2.75) is 38.8 Å². The summed E-state index contributed by atoms with van der Waals surface area (Å²) in [4.78, 5) is 30.0. The van der Waals surface area contributed by atoms with Crippen LogP contribution in [0.1, 0.15) is 41.2 Å². The van der Waals surface area contributed by atoms with E-state index in [2.05, 4.69) is 39.1 Å². The summed E-state index contributed by atoms with van der Waals surface area (Å²) in [6.07, 6.45) is 3.95. The number of H-pyrrole nitrogens is 1. The van der Waals surface area contributed by atoms with Gasteiger partial charge in [0.15, 0.2) is 5.82 Å². The number of aromatic amines is 1. The average molecular weight is 435 g/mol. The largest absolute Gasteiger partial charge is 0.497 e. The van der Waals surface area contributed by atoms with E-state index in [1.807, 2.05) is 12.1 Å². The standard InChI is InChI=1S/C24H26N4O2S/c1-30-17-7-5-16(6-8-17)22-10-9-18(31-22)14-28-13-11-20-19(15-28)24(29)27-23(26-20)21-4-2-3-12-25-21/h5-10H,2-4,11-15H2,1H3,(H,26,27,29). The first-order valence-corrected chi connectivity index (χ1v) is 11.6. The quantitative estimate of drug-likeness (QED) is 0.658. The van der Waals surface area contributed by atoms with Crippen molar-refractivity contribution in [3.63, 3.8) is 0 Å². The minimum Gasteiger partial charge on any atom is -0.497 e. The van der Waals surface area contributed by atoms with Crippen LogP contribution in [0, 0.1) is 0 Å². The Morgan fingerprint density at radius 3 is 2.77 bits per heavy atom. The Hall–Kier alpha value is -2.77. The molecule has 5 rings (SSSR count). The third-order valence-corrected chi connectivity index (χ3v) is 7.08. The van der Waals surface area contributed by atoms with Crippen LogP contribution in [0.25, 0.3) is 10.4 Å². The van der Waals surface area contributed by atoms with Crippen LogP contribution in [0.15, 0.2) is 46.2 Å². The molecule has 0 saturated heterocycles. The predicted molar refractivity (Wildman–Crippen MR) is 124 cm³/mol. The third kappa shape index (κ3) is 4.34. The molecule has 160 valence electrons. The molecule has 1 aromatic carbocycles. The number of hydrogen-bond donors (Lipinski definition) is 1. The lowest BCUT2D eigenvalue weighted by molar-refractivity contribution is 0.244. The van der Waals surface area contributed by atoms with Gasteiger partial charge in [0.2, 0.25) is 0 Å². The molecule has 0 radical (unpaired) electrons. The van der Waals surface area contributed by atoms with E-state index in [0.29, 0.717) is 12.4 Å². The van der Waals surface area contributed by atoms with Crippen LogP contribution in [0.5, 0.6) is 5.75 Å². The summed E-state index contributed by atoms with van der Waals surface area (Å²) in [6.45, 7) is 3.22. The van der Waals surface area contributed by atoms with Crippen LogP contribution in [0.3, 0.4) is 0 Å². The number of fused-ring (bicyclic) bond motifs is 1. The molecule has 4 heterocycles. The molecule has 0 unspecified atom stereocenters. The van der Waals surface area contributed by atoms with Gasteiger partial charge in [-0.2, -0.15) is 0 Å². The second kappa shape index (κ2) is 8.77. The van der Waals surface area contributed by atoms with E-state index in [4.69, 9.17) is 9.72 Å². The fourth-order valence-electron chi connectivity index (χ4n) is 4.24. The van der Waals surface area contributed by atoms with Crippen LogP contribution in [-0.2, 0) is 19.5 Å². The van der Waals surface area contributed by atoms with Gasteiger partial charge in [0.1, 0.15) is 5.75 Å². The van der Waals surface area contributed by atoms with Gasteiger partial charge in [-0.3, -0.25) is 14.7 Å². The van der Waals surface area contributed by atoms with Gasteiger partial charge in [0.25, 0.3) is 5.56 Å². The molecule has 0 bridgehead atoms. The SMILES string of the molecule is COc1ccc(-c2ccc(CN3CCc4nc(C5=NCCCC5)[nH]c(=O)c4C3)s2)cc1. The van der Waals surface area contributed by atoms with Crippen molar-refractivity contribution in [2.24, 2.45) is 4.99 Å². The maximum absolute atomic E-state index is 12.8. The fraction of sp³-hybridized carbons (Fsp3) is 0.375. The molecule has 0 atom stereocenters. The lowest BCUT2D eigenvalue weighted by atomic mass is 10.1. The second-order valence-electron chi connectivity index (χ2n) is 8.08. The van der Waals surface area contributed by atoms with Crippen LogP contribution in [0.2, 0.25) is 0 Å². The smallest absolute Gasteiger partial charge is 0.255 e. The summed E-state index contributed by atoms with van der Waals surface area (Å²) < 4.78 is 5.25. The van der Waals surface area contributed by atoms with Crippen molar-refractivity contribution in [1.82, 2.24) is 14.9 Å². The van der Waals surface area contributed by atoms with Gasteiger partial charge in [-0.1, -0.05) is 0 Å². The highest BCUT2D eigenvalue weighted by molar-refractivity contribution is 7.15. The molecule has 0 spiro atoms. The third-order valence-electron chi connectivity index (χ3n) is 5.96. The monoisotopic (exact) mass is 434 g/mol. The van der Waals surface area contributed by atoms with Gasteiger partial charge in [-0.05, 0) is 61.2 Å². The van der Waals surface area contributed by atoms with Crippen molar-refractivity contribution < 1.29 is 4.74 Å². The second-order valence-corrected chi connectivity index (χ2v) is 9.25. The molecule has 2 aromatic heterocycles. The van der Waals surface area contributed by atoms with Crippen molar-refractivity contribution in [2.75, 3.05) is 20.2 Å². The van der Waals surface area contributed by atoms with Crippen molar-refractivity contribution in [3.8, 4) is 16.2 Å². The molecule has 2 aliphatic rings. The molecule has 0 fully saturated rings. The number of hydrogen-bond acceptors (Lipinski definition) is 6. The summed E-state index contributed by atoms with van der Waals surface area (Å²) in [5.74, 6) is 1.55. The van der Waals surface area contributed by atoms with Gasteiger partial charge in [-0.25, -0.2) is 4.98 Å². The zero-order chi connectivity index (χ0) is 21.2. The highest BCUT2D eigenvalue weighted by atomic mass is 32.1. The maximum atomic E-state index is 12.8. The van der Waals surface area contributed by atoms with E-state index in [1.54, 1.807) is 18.4 Å². The zero-order valence-electron chi connectivity index (χ0n) is 17.7. The first-order valence-electron chi connectivity index (χ1n) is 10.8. The van der Waals surface area contributed by atoms with Gasteiger partial charge >= 0.3 is 0 Å². The number of aromatic nitrogens is 2. The van der Waals surface area contributed by atoms with E-state index in [-0.39, 0.29) is 5.56 Å². The van der Waals surface area contributed by atoms with Crippen molar-refractivity contribution >= 4 is 17.0 Å². The van der Waals surface area contributed by atoms with Gasteiger partial charge in [0, 0.05) is 42.4 Å². The van der Waals surface area contributed by atoms with Gasteiger partial charge in [-0.15, -0.1) is 11.3 Å². The maximum Gasteiger partial charge on any atom is 0.255 e. The molecule has 0 saturated carbocycles. The molecule has 1 N–H and O–H groups in total. The number of nitrogens with zero attached hydrogens (tertiary/aromatic N) is 3. The van der Waals surface area contributed by atoms with Gasteiger partial charge in [0.05, 0.1) is 24.1 Å². The number of methoxy groups -OCH3 is 1. The van der Waals surface area contributed by atoms with E-state index in [9.17, 15) is 4.79 Å². The minimum atomic E-state index is -0.0110. The lowest BCUT2D eigenvalue weighted by Gasteiger charge is -2.27. The summed E-state index contributed by atoms with van der Waals surface area (Å²) in [6, 6.07) is 12.5. The molecule has 7 heteroatoms. The highest BCUT2D eigenvalue weighted by Crippen LogP contribution is 2.30. The number of nitrogens with one attached hydrogen (secondary N) is 1. The van der Waals surface area contributed by atoms with E-state index in [1.165, 1.54) is 15.3 Å². The Morgan fingerprint density at radius 1 is 1.13 bits per heavy atom. The number of ether oxygens (including phenoxy) is 1. The normalized spacial score (nSPS) is 16.6. The summed E-state index contributed by atoms with van der Waals surface area (Å²) in [5, 5.41) is 0. The Kier molecular flexibility index (Phi) is 5.70.